The van der Waals surface area contributed by atoms with Crippen LogP contribution in [0.25, 0.3) is 0 Å². The molecule has 1 aliphatic rings. The molecule has 0 saturated carbocycles. The number of allylic oxidation sites excluding steroid dienone is 2. The summed E-state index contributed by atoms with van der Waals surface area (Å²) in [6.45, 7) is 8.71. The topological polar surface area (TPSA) is 29.5 Å². The zero-order chi connectivity index (χ0) is 10.6. The fraction of sp³-hybridized carbons (Fsp3) is 0.667. The van der Waals surface area contributed by atoms with Crippen molar-refractivity contribution in [3.05, 3.63) is 24.0 Å². The van der Waals surface area contributed by atoms with Gasteiger partial charge in [-0.2, -0.15) is 0 Å². The zero-order valence-corrected chi connectivity index (χ0v) is 9.18. The Morgan fingerprint density at radius 3 is 2.93 bits per heavy atom. The molecule has 0 bridgehead atoms. The lowest BCUT2D eigenvalue weighted by molar-refractivity contribution is 0.0806. The van der Waals surface area contributed by atoms with Crippen LogP contribution in [0, 0.1) is 5.41 Å². The van der Waals surface area contributed by atoms with Gasteiger partial charge in [0.05, 0.1) is 18.6 Å². The molecule has 0 fully saturated rings. The van der Waals surface area contributed by atoms with Crippen LogP contribution in [0.5, 0.6) is 0 Å². The normalized spacial score (nSPS) is 26.1. The molecule has 14 heavy (non-hydrogen) atoms. The summed E-state index contributed by atoms with van der Waals surface area (Å²) in [4.78, 5) is 0. The summed E-state index contributed by atoms with van der Waals surface area (Å²) in [5, 5.41) is 9.50. The van der Waals surface area contributed by atoms with Crippen molar-refractivity contribution < 1.29 is 9.84 Å². The minimum Gasteiger partial charge on any atom is -0.498 e. The van der Waals surface area contributed by atoms with Gasteiger partial charge in [-0.1, -0.05) is 5.57 Å². The van der Waals surface area contributed by atoms with Crippen LogP contribution >= 0.6 is 0 Å². The van der Waals surface area contributed by atoms with Gasteiger partial charge in [0.1, 0.15) is 5.76 Å². The summed E-state index contributed by atoms with van der Waals surface area (Å²) < 4.78 is 5.57. The first-order chi connectivity index (χ1) is 6.64. The van der Waals surface area contributed by atoms with Gasteiger partial charge in [-0.3, -0.25) is 0 Å². The van der Waals surface area contributed by atoms with Crippen LogP contribution in [0.3, 0.4) is 0 Å². The predicted octanol–water partition coefficient (Wildman–Crippen LogP) is 2.65. The van der Waals surface area contributed by atoms with Crippen LogP contribution in [0.1, 0.15) is 33.1 Å². The first-order valence-electron chi connectivity index (χ1n) is 5.23. The highest BCUT2D eigenvalue weighted by Gasteiger charge is 2.38. The van der Waals surface area contributed by atoms with Gasteiger partial charge in [0.2, 0.25) is 0 Å². The Kier molecular flexibility index (Phi) is 3.76. The van der Waals surface area contributed by atoms with Crippen molar-refractivity contribution in [1.82, 2.24) is 0 Å². The fourth-order valence-corrected chi connectivity index (χ4v) is 2.15. The molecule has 1 atom stereocenters. The third kappa shape index (κ3) is 2.18. The first kappa shape index (κ1) is 11.3. The van der Waals surface area contributed by atoms with Gasteiger partial charge < -0.3 is 9.84 Å². The SMILES string of the molecule is C=C(C)CC1(CO)CCC=C1OCC. The molecule has 0 radical (unpaired) electrons. The van der Waals surface area contributed by atoms with E-state index in [4.69, 9.17) is 4.74 Å². The Labute approximate surface area is 86.3 Å². The average molecular weight is 196 g/mol. The summed E-state index contributed by atoms with van der Waals surface area (Å²) >= 11 is 0. The van der Waals surface area contributed by atoms with E-state index in [9.17, 15) is 5.11 Å². The van der Waals surface area contributed by atoms with Crippen LogP contribution < -0.4 is 0 Å². The molecule has 0 heterocycles. The minimum atomic E-state index is -0.179. The average Bonchev–Trinajstić information content (AvgIpc) is 2.49. The zero-order valence-electron chi connectivity index (χ0n) is 9.18. The van der Waals surface area contributed by atoms with E-state index in [1.165, 1.54) is 0 Å². The van der Waals surface area contributed by atoms with Gasteiger partial charge >= 0.3 is 0 Å². The maximum absolute atomic E-state index is 9.50. The molecule has 0 spiro atoms. The van der Waals surface area contributed by atoms with Crippen molar-refractivity contribution in [3.63, 3.8) is 0 Å². The molecular weight excluding hydrogens is 176 g/mol. The molecule has 1 unspecified atom stereocenters. The molecule has 0 amide bonds. The van der Waals surface area contributed by atoms with E-state index >= 15 is 0 Å². The summed E-state index contributed by atoms with van der Waals surface area (Å²) in [6, 6.07) is 0. The van der Waals surface area contributed by atoms with E-state index in [0.717, 1.165) is 30.6 Å². The number of aliphatic hydroxyl groups is 1. The van der Waals surface area contributed by atoms with Gasteiger partial charge in [-0.15, -0.1) is 6.58 Å². The molecule has 1 N–H and O–H groups in total. The maximum atomic E-state index is 9.50. The first-order valence-corrected chi connectivity index (χ1v) is 5.23. The molecule has 1 rings (SSSR count). The standard InChI is InChI=1S/C12H20O2/c1-4-14-11-6-5-7-12(11,9-13)8-10(2)3/h6,13H,2,4-5,7-9H2,1,3H3. The smallest absolute Gasteiger partial charge is 0.101 e. The third-order valence-corrected chi connectivity index (χ3v) is 2.72. The molecule has 0 aromatic heterocycles. The quantitative estimate of drug-likeness (QED) is 0.685. The van der Waals surface area contributed by atoms with Crippen molar-refractivity contribution in [2.24, 2.45) is 5.41 Å². The van der Waals surface area contributed by atoms with Crippen LogP contribution in [0.2, 0.25) is 0 Å². The van der Waals surface area contributed by atoms with Crippen molar-refractivity contribution in [1.29, 1.82) is 0 Å². The number of hydrogen-bond acceptors (Lipinski definition) is 2. The monoisotopic (exact) mass is 196 g/mol. The molecule has 2 heteroatoms. The summed E-state index contributed by atoms with van der Waals surface area (Å²) in [5.74, 6) is 0.963. The Balaban J connectivity index is 2.77. The van der Waals surface area contributed by atoms with E-state index in [2.05, 4.69) is 12.7 Å². The molecule has 0 aromatic carbocycles. The molecule has 0 saturated heterocycles. The Bertz CT molecular complexity index is 243. The second kappa shape index (κ2) is 4.65. The number of ether oxygens (including phenoxy) is 1. The van der Waals surface area contributed by atoms with Gasteiger partial charge in [-0.05, 0) is 39.2 Å². The van der Waals surface area contributed by atoms with E-state index < -0.39 is 0 Å². The van der Waals surface area contributed by atoms with Gasteiger partial charge in [0.25, 0.3) is 0 Å². The van der Waals surface area contributed by atoms with Crippen LogP contribution in [-0.4, -0.2) is 18.3 Å². The number of hydrogen-bond donors (Lipinski definition) is 1. The Hall–Kier alpha value is -0.760. The second-order valence-corrected chi connectivity index (χ2v) is 4.11. The highest BCUT2D eigenvalue weighted by Crippen LogP contribution is 2.43. The number of aliphatic hydroxyl groups excluding tert-OH is 1. The lowest BCUT2D eigenvalue weighted by atomic mass is 9.81. The maximum Gasteiger partial charge on any atom is 0.101 e. The van der Waals surface area contributed by atoms with E-state index in [1.54, 1.807) is 0 Å². The van der Waals surface area contributed by atoms with Crippen molar-refractivity contribution in [3.8, 4) is 0 Å². The highest BCUT2D eigenvalue weighted by atomic mass is 16.5. The summed E-state index contributed by atoms with van der Waals surface area (Å²) in [7, 11) is 0. The highest BCUT2D eigenvalue weighted by molar-refractivity contribution is 5.18. The van der Waals surface area contributed by atoms with Gasteiger partial charge in [0.15, 0.2) is 0 Å². The van der Waals surface area contributed by atoms with Crippen molar-refractivity contribution in [2.75, 3.05) is 13.2 Å². The third-order valence-electron chi connectivity index (χ3n) is 2.72. The molecule has 1 aliphatic carbocycles. The van der Waals surface area contributed by atoms with E-state index in [1.807, 2.05) is 13.8 Å². The molecule has 2 nitrogen and oxygen atoms in total. The molecular formula is C12H20O2. The summed E-state index contributed by atoms with van der Waals surface area (Å²) in [5.41, 5.74) is 0.925. The number of rotatable bonds is 5. The Morgan fingerprint density at radius 2 is 2.43 bits per heavy atom. The van der Waals surface area contributed by atoms with Crippen LogP contribution in [-0.2, 0) is 4.74 Å². The fourth-order valence-electron chi connectivity index (χ4n) is 2.15. The largest absolute Gasteiger partial charge is 0.498 e. The van der Waals surface area contributed by atoms with Crippen molar-refractivity contribution in [2.45, 2.75) is 33.1 Å². The second-order valence-electron chi connectivity index (χ2n) is 4.11. The molecule has 0 aromatic rings. The van der Waals surface area contributed by atoms with Gasteiger partial charge in [0, 0.05) is 0 Å². The summed E-state index contributed by atoms with van der Waals surface area (Å²) in [6.07, 6.45) is 4.91. The minimum absolute atomic E-state index is 0.158. The van der Waals surface area contributed by atoms with Crippen molar-refractivity contribution >= 4 is 0 Å². The Morgan fingerprint density at radius 1 is 1.71 bits per heavy atom. The van der Waals surface area contributed by atoms with E-state index in [-0.39, 0.29) is 12.0 Å². The van der Waals surface area contributed by atoms with Crippen LogP contribution in [0.4, 0.5) is 0 Å². The van der Waals surface area contributed by atoms with E-state index in [0.29, 0.717) is 6.61 Å². The van der Waals surface area contributed by atoms with Gasteiger partial charge in [-0.25, -0.2) is 0 Å². The van der Waals surface area contributed by atoms with Crippen LogP contribution in [0.15, 0.2) is 24.0 Å². The molecule has 80 valence electrons. The lowest BCUT2D eigenvalue weighted by Gasteiger charge is -2.30. The molecule has 0 aliphatic heterocycles. The predicted molar refractivity (Wildman–Crippen MR) is 57.9 cm³/mol. The lowest BCUT2D eigenvalue weighted by Crippen LogP contribution is -2.26.